The number of carbonyl (C=O) groups is 1. The first kappa shape index (κ1) is 18.8. The van der Waals surface area contributed by atoms with Gasteiger partial charge in [-0.1, -0.05) is 26.0 Å². The highest BCUT2D eigenvalue weighted by atomic mass is 35.5. The van der Waals surface area contributed by atoms with Gasteiger partial charge < -0.3 is 15.4 Å². The summed E-state index contributed by atoms with van der Waals surface area (Å²) in [5.41, 5.74) is 1.22. The Hall–Kier alpha value is -1.26. The molecule has 2 N–H and O–H groups in total. The highest BCUT2D eigenvalue weighted by molar-refractivity contribution is 5.85. The topological polar surface area (TPSA) is 50.4 Å². The number of carbonyl (C=O) groups excluding carboxylic acids is 1. The van der Waals surface area contributed by atoms with Gasteiger partial charge in [0, 0.05) is 12.6 Å². The summed E-state index contributed by atoms with van der Waals surface area (Å²) < 4.78 is 5.75. The molecular formula is C17H27ClN2O2. The van der Waals surface area contributed by atoms with E-state index in [4.69, 9.17) is 4.74 Å². The van der Waals surface area contributed by atoms with Crippen molar-refractivity contribution in [3.05, 3.63) is 29.8 Å². The summed E-state index contributed by atoms with van der Waals surface area (Å²) >= 11 is 0. The van der Waals surface area contributed by atoms with Crippen LogP contribution in [-0.2, 0) is 4.79 Å². The first-order chi connectivity index (χ1) is 10.1. The molecule has 0 spiro atoms. The Morgan fingerprint density at radius 2 is 2.18 bits per heavy atom. The predicted octanol–water partition coefficient (Wildman–Crippen LogP) is 2.87. The lowest BCUT2D eigenvalue weighted by atomic mass is 10.0. The smallest absolute Gasteiger partial charge is 0.260 e. The summed E-state index contributed by atoms with van der Waals surface area (Å²) in [5.74, 6) is 1.15. The van der Waals surface area contributed by atoms with Crippen molar-refractivity contribution in [2.45, 2.75) is 51.7 Å². The van der Waals surface area contributed by atoms with Gasteiger partial charge in [-0.25, -0.2) is 0 Å². The molecule has 1 aromatic carbocycles. The fraction of sp³-hybridized carbons (Fsp3) is 0.588. The summed E-state index contributed by atoms with van der Waals surface area (Å²) in [6.45, 7) is 7.81. The third kappa shape index (κ3) is 5.50. The SMILES string of the molecule is CC(Oc1cccc(C(C)C)c1)C(=O)NCC1CCCN1.Cl. The maximum Gasteiger partial charge on any atom is 0.260 e. The average molecular weight is 327 g/mol. The summed E-state index contributed by atoms with van der Waals surface area (Å²) in [4.78, 5) is 12.1. The van der Waals surface area contributed by atoms with Gasteiger partial charge in [-0.15, -0.1) is 12.4 Å². The second kappa shape index (κ2) is 9.01. The van der Waals surface area contributed by atoms with Gasteiger partial charge in [0.25, 0.3) is 5.91 Å². The number of rotatable bonds is 6. The molecule has 1 fully saturated rings. The van der Waals surface area contributed by atoms with E-state index in [0.717, 1.165) is 18.7 Å². The molecule has 1 aliphatic heterocycles. The molecule has 1 aliphatic rings. The number of hydrogen-bond donors (Lipinski definition) is 2. The lowest BCUT2D eigenvalue weighted by molar-refractivity contribution is -0.127. The second-order valence-electron chi connectivity index (χ2n) is 6.03. The Morgan fingerprint density at radius 1 is 1.41 bits per heavy atom. The Bertz CT molecular complexity index is 473. The molecule has 2 atom stereocenters. The first-order valence-corrected chi connectivity index (χ1v) is 7.84. The zero-order valence-corrected chi connectivity index (χ0v) is 14.4. The minimum absolute atomic E-state index is 0. The lowest BCUT2D eigenvalue weighted by Crippen LogP contribution is -2.42. The van der Waals surface area contributed by atoms with Crippen LogP contribution in [0.2, 0.25) is 0 Å². The van der Waals surface area contributed by atoms with Crippen molar-refractivity contribution in [3.63, 3.8) is 0 Å². The van der Waals surface area contributed by atoms with Crippen molar-refractivity contribution in [1.29, 1.82) is 0 Å². The molecular weight excluding hydrogens is 300 g/mol. The van der Waals surface area contributed by atoms with Gasteiger partial charge in [0.05, 0.1) is 0 Å². The molecule has 124 valence electrons. The van der Waals surface area contributed by atoms with Crippen molar-refractivity contribution in [1.82, 2.24) is 10.6 Å². The molecule has 0 aromatic heterocycles. The van der Waals surface area contributed by atoms with Gasteiger partial charge in [0.15, 0.2) is 6.10 Å². The largest absolute Gasteiger partial charge is 0.481 e. The van der Waals surface area contributed by atoms with E-state index in [2.05, 4.69) is 30.5 Å². The second-order valence-corrected chi connectivity index (χ2v) is 6.03. The van der Waals surface area contributed by atoms with Gasteiger partial charge in [0.2, 0.25) is 0 Å². The summed E-state index contributed by atoms with van der Waals surface area (Å²) in [5, 5.41) is 6.32. The minimum Gasteiger partial charge on any atom is -0.481 e. The van der Waals surface area contributed by atoms with E-state index in [-0.39, 0.29) is 18.3 Å². The fourth-order valence-corrected chi connectivity index (χ4v) is 2.50. The maximum atomic E-state index is 12.1. The molecule has 1 amide bonds. The van der Waals surface area contributed by atoms with E-state index in [9.17, 15) is 4.79 Å². The Labute approximate surface area is 139 Å². The van der Waals surface area contributed by atoms with Crippen molar-refractivity contribution in [3.8, 4) is 5.75 Å². The van der Waals surface area contributed by atoms with Crippen LogP contribution in [0.1, 0.15) is 45.1 Å². The third-order valence-electron chi connectivity index (χ3n) is 3.89. The lowest BCUT2D eigenvalue weighted by Gasteiger charge is -2.17. The van der Waals surface area contributed by atoms with Gasteiger partial charge >= 0.3 is 0 Å². The van der Waals surface area contributed by atoms with E-state index >= 15 is 0 Å². The number of hydrogen-bond acceptors (Lipinski definition) is 3. The van der Waals surface area contributed by atoms with Crippen LogP contribution in [-0.4, -0.2) is 31.1 Å². The van der Waals surface area contributed by atoms with E-state index in [1.165, 1.54) is 12.0 Å². The van der Waals surface area contributed by atoms with Gasteiger partial charge in [-0.2, -0.15) is 0 Å². The molecule has 0 bridgehead atoms. The highest BCUT2D eigenvalue weighted by Gasteiger charge is 2.18. The fourth-order valence-electron chi connectivity index (χ4n) is 2.50. The quantitative estimate of drug-likeness (QED) is 0.845. The summed E-state index contributed by atoms with van der Waals surface area (Å²) in [7, 11) is 0. The van der Waals surface area contributed by atoms with E-state index < -0.39 is 6.10 Å². The van der Waals surface area contributed by atoms with Crippen molar-refractivity contribution in [2.24, 2.45) is 0 Å². The van der Waals surface area contributed by atoms with E-state index in [0.29, 0.717) is 18.5 Å². The molecule has 1 heterocycles. The predicted molar refractivity (Wildman–Crippen MR) is 91.9 cm³/mol. The standard InChI is InChI=1S/C17H26N2O2.ClH/c1-12(2)14-6-4-8-16(10-14)21-13(3)17(20)19-11-15-7-5-9-18-15;/h4,6,8,10,12-13,15,18H,5,7,9,11H2,1-3H3,(H,19,20);1H. The Kier molecular flexibility index (Phi) is 7.69. The minimum atomic E-state index is -0.478. The van der Waals surface area contributed by atoms with Crippen molar-refractivity contribution in [2.75, 3.05) is 13.1 Å². The molecule has 0 saturated carbocycles. The zero-order chi connectivity index (χ0) is 15.2. The van der Waals surface area contributed by atoms with Crippen LogP contribution in [0, 0.1) is 0 Å². The average Bonchev–Trinajstić information content (AvgIpc) is 2.98. The normalized spacial score (nSPS) is 18.6. The van der Waals surface area contributed by atoms with Crippen LogP contribution in [0.25, 0.3) is 0 Å². The highest BCUT2D eigenvalue weighted by Crippen LogP contribution is 2.21. The number of halogens is 1. The number of benzene rings is 1. The maximum absolute atomic E-state index is 12.1. The molecule has 2 unspecified atom stereocenters. The molecule has 5 heteroatoms. The zero-order valence-electron chi connectivity index (χ0n) is 13.6. The van der Waals surface area contributed by atoms with Crippen molar-refractivity contribution < 1.29 is 9.53 Å². The van der Waals surface area contributed by atoms with Crippen LogP contribution >= 0.6 is 12.4 Å². The first-order valence-electron chi connectivity index (χ1n) is 7.84. The molecule has 22 heavy (non-hydrogen) atoms. The van der Waals surface area contributed by atoms with Crippen LogP contribution in [0.4, 0.5) is 0 Å². The molecule has 1 saturated heterocycles. The Morgan fingerprint density at radius 3 is 2.82 bits per heavy atom. The molecule has 1 aromatic rings. The Balaban J connectivity index is 0.00000242. The third-order valence-corrected chi connectivity index (χ3v) is 3.89. The van der Waals surface area contributed by atoms with Gasteiger partial charge in [-0.3, -0.25) is 4.79 Å². The van der Waals surface area contributed by atoms with Crippen molar-refractivity contribution >= 4 is 18.3 Å². The summed E-state index contributed by atoms with van der Waals surface area (Å²) in [6, 6.07) is 8.36. The van der Waals surface area contributed by atoms with Gasteiger partial charge in [0.1, 0.15) is 5.75 Å². The molecule has 0 aliphatic carbocycles. The molecule has 0 radical (unpaired) electrons. The van der Waals surface area contributed by atoms with Crippen LogP contribution in [0.5, 0.6) is 5.75 Å². The van der Waals surface area contributed by atoms with Gasteiger partial charge in [-0.05, 0) is 49.9 Å². The molecule has 4 nitrogen and oxygen atoms in total. The van der Waals surface area contributed by atoms with Crippen LogP contribution in [0.15, 0.2) is 24.3 Å². The van der Waals surface area contributed by atoms with Crippen LogP contribution < -0.4 is 15.4 Å². The van der Waals surface area contributed by atoms with E-state index in [1.807, 2.05) is 18.2 Å². The number of nitrogens with one attached hydrogen (secondary N) is 2. The molecule has 2 rings (SSSR count). The summed E-state index contributed by atoms with van der Waals surface area (Å²) in [6.07, 6.45) is 1.84. The number of amides is 1. The van der Waals surface area contributed by atoms with E-state index in [1.54, 1.807) is 6.92 Å². The monoisotopic (exact) mass is 326 g/mol. The number of ether oxygens (including phenoxy) is 1. The van der Waals surface area contributed by atoms with Crippen LogP contribution in [0.3, 0.4) is 0 Å².